The Morgan fingerprint density at radius 3 is 3.00 bits per heavy atom. The highest BCUT2D eigenvalue weighted by Crippen LogP contribution is 2.31. The highest BCUT2D eigenvalue weighted by Gasteiger charge is 2.18. The van der Waals surface area contributed by atoms with Crippen molar-refractivity contribution in [3.63, 3.8) is 0 Å². The molecule has 1 heterocycles. The number of rotatable bonds is 0. The van der Waals surface area contributed by atoms with Gasteiger partial charge >= 0.3 is 0 Å². The first-order chi connectivity index (χ1) is 5.29. The van der Waals surface area contributed by atoms with Gasteiger partial charge in [-0.25, -0.2) is 0 Å². The van der Waals surface area contributed by atoms with Crippen LogP contribution in [0.3, 0.4) is 0 Å². The van der Waals surface area contributed by atoms with Gasteiger partial charge in [0.1, 0.15) is 0 Å². The van der Waals surface area contributed by atoms with Crippen molar-refractivity contribution < 1.29 is 0 Å². The molecule has 1 heteroatoms. The van der Waals surface area contributed by atoms with Crippen LogP contribution in [0.5, 0.6) is 0 Å². The average Bonchev–Trinajstić information content (AvgIpc) is 2.45. The molecular weight excluding hydrogens is 134 g/mol. The predicted molar refractivity (Wildman–Crippen MR) is 47.4 cm³/mol. The van der Waals surface area contributed by atoms with E-state index in [0.717, 1.165) is 0 Å². The smallest absolute Gasteiger partial charge is 0.0255 e. The predicted octanol–water partition coefficient (Wildman–Crippen LogP) is 2.78. The number of aromatic nitrogens is 1. The van der Waals surface area contributed by atoms with Gasteiger partial charge in [0, 0.05) is 17.8 Å². The molecule has 0 bridgehead atoms. The van der Waals surface area contributed by atoms with Crippen molar-refractivity contribution in [2.24, 2.45) is 5.92 Å². The maximum Gasteiger partial charge on any atom is 0.0255 e. The average molecular weight is 147 g/mol. The molecule has 0 spiro atoms. The van der Waals surface area contributed by atoms with E-state index < -0.39 is 0 Å². The molecule has 1 aromatic heterocycles. The second-order valence-corrected chi connectivity index (χ2v) is 3.35. The summed E-state index contributed by atoms with van der Waals surface area (Å²) < 4.78 is 0. The number of fused-ring (bicyclic) bond motifs is 1. The minimum Gasteiger partial charge on any atom is -0.364 e. The maximum atomic E-state index is 3.29. The van der Waals surface area contributed by atoms with E-state index in [9.17, 15) is 0 Å². The third-order valence-electron chi connectivity index (χ3n) is 2.64. The number of allylic oxidation sites excluding steroid dienone is 1. The van der Waals surface area contributed by atoms with Gasteiger partial charge < -0.3 is 4.98 Å². The van der Waals surface area contributed by atoms with E-state index in [1.165, 1.54) is 11.3 Å². The second kappa shape index (κ2) is 2.26. The number of hydrogen-bond acceptors (Lipinski definition) is 0. The van der Waals surface area contributed by atoms with E-state index in [-0.39, 0.29) is 0 Å². The molecule has 0 amide bonds. The monoisotopic (exact) mass is 147 g/mol. The van der Waals surface area contributed by atoms with Crippen LogP contribution >= 0.6 is 0 Å². The molecule has 0 aromatic carbocycles. The van der Waals surface area contributed by atoms with Gasteiger partial charge in [-0.2, -0.15) is 0 Å². The molecule has 1 N–H and O–H groups in total. The van der Waals surface area contributed by atoms with Crippen molar-refractivity contribution >= 4 is 6.08 Å². The fourth-order valence-corrected chi connectivity index (χ4v) is 1.62. The second-order valence-electron chi connectivity index (χ2n) is 3.35. The Morgan fingerprint density at radius 1 is 1.36 bits per heavy atom. The van der Waals surface area contributed by atoms with Gasteiger partial charge in [0.2, 0.25) is 0 Å². The molecule has 0 radical (unpaired) electrons. The van der Waals surface area contributed by atoms with Crippen LogP contribution in [0.15, 0.2) is 18.3 Å². The number of H-pyrrole nitrogens is 1. The summed E-state index contributed by atoms with van der Waals surface area (Å²) >= 11 is 0. The Bertz CT molecular complexity index is 283. The molecule has 0 aliphatic heterocycles. The Labute approximate surface area is 67.1 Å². The molecule has 1 aliphatic rings. The number of hydrogen-bond donors (Lipinski definition) is 1. The lowest BCUT2D eigenvalue weighted by molar-refractivity contribution is 0.574. The van der Waals surface area contributed by atoms with Crippen LogP contribution in [0.2, 0.25) is 0 Å². The van der Waals surface area contributed by atoms with Crippen molar-refractivity contribution in [2.45, 2.75) is 19.8 Å². The highest BCUT2D eigenvalue weighted by atomic mass is 14.7. The summed E-state index contributed by atoms with van der Waals surface area (Å²) in [6, 6.07) is 2.13. The van der Waals surface area contributed by atoms with E-state index in [1.54, 1.807) is 0 Å². The van der Waals surface area contributed by atoms with E-state index in [1.807, 2.05) is 6.20 Å². The lowest BCUT2D eigenvalue weighted by Gasteiger charge is -2.20. The molecule has 0 fully saturated rings. The highest BCUT2D eigenvalue weighted by molar-refractivity contribution is 5.56. The van der Waals surface area contributed by atoms with Gasteiger partial charge in [-0.3, -0.25) is 0 Å². The van der Waals surface area contributed by atoms with Crippen LogP contribution in [0.25, 0.3) is 6.08 Å². The van der Waals surface area contributed by atoms with Crippen molar-refractivity contribution in [1.29, 1.82) is 0 Å². The number of nitrogens with one attached hydrogen (secondary N) is 1. The lowest BCUT2D eigenvalue weighted by Crippen LogP contribution is -2.08. The third-order valence-corrected chi connectivity index (χ3v) is 2.64. The zero-order valence-corrected chi connectivity index (χ0v) is 6.96. The van der Waals surface area contributed by atoms with Crippen LogP contribution < -0.4 is 0 Å². The van der Waals surface area contributed by atoms with Crippen LogP contribution in [0.4, 0.5) is 0 Å². The molecule has 1 aromatic rings. The third kappa shape index (κ3) is 0.917. The summed E-state index contributed by atoms with van der Waals surface area (Å²) in [5.41, 5.74) is 2.75. The molecule has 2 rings (SSSR count). The maximum absolute atomic E-state index is 3.29. The van der Waals surface area contributed by atoms with Crippen molar-refractivity contribution in [1.82, 2.24) is 4.98 Å². The van der Waals surface area contributed by atoms with Crippen LogP contribution in [0, 0.1) is 5.92 Å². The van der Waals surface area contributed by atoms with Crippen molar-refractivity contribution in [3.8, 4) is 0 Å². The fourth-order valence-electron chi connectivity index (χ4n) is 1.62. The summed E-state index contributed by atoms with van der Waals surface area (Å²) in [5, 5.41) is 0. The molecule has 11 heavy (non-hydrogen) atoms. The Hall–Kier alpha value is -0.980. The van der Waals surface area contributed by atoms with Crippen LogP contribution in [0.1, 0.15) is 31.0 Å². The first-order valence-corrected chi connectivity index (χ1v) is 4.14. The summed E-state index contributed by atoms with van der Waals surface area (Å²) in [4.78, 5) is 3.29. The van der Waals surface area contributed by atoms with Gasteiger partial charge in [-0.15, -0.1) is 0 Å². The lowest BCUT2D eigenvalue weighted by atomic mass is 9.86. The fraction of sp³-hybridized carbons (Fsp3) is 0.400. The Balaban J connectivity index is 2.48. The van der Waals surface area contributed by atoms with Gasteiger partial charge in [0.25, 0.3) is 0 Å². The van der Waals surface area contributed by atoms with Crippen molar-refractivity contribution in [2.75, 3.05) is 0 Å². The largest absolute Gasteiger partial charge is 0.364 e. The molecule has 1 aliphatic carbocycles. The first-order valence-electron chi connectivity index (χ1n) is 4.14. The topological polar surface area (TPSA) is 15.8 Å². The molecule has 58 valence electrons. The summed E-state index contributed by atoms with van der Waals surface area (Å²) in [6.45, 7) is 4.52. The summed E-state index contributed by atoms with van der Waals surface area (Å²) in [7, 11) is 0. The molecule has 0 saturated heterocycles. The standard InChI is InChI=1S/C10H13N/c1-7-3-4-9-5-6-11-10(9)8(7)2/h3-8,11H,1-2H3. The van der Waals surface area contributed by atoms with E-state index in [4.69, 9.17) is 0 Å². The van der Waals surface area contributed by atoms with E-state index in [0.29, 0.717) is 11.8 Å². The van der Waals surface area contributed by atoms with E-state index in [2.05, 4.69) is 37.0 Å². The zero-order valence-electron chi connectivity index (χ0n) is 6.96. The molecule has 0 saturated carbocycles. The summed E-state index contributed by atoms with van der Waals surface area (Å²) in [6.07, 6.45) is 6.50. The molecule has 2 atom stereocenters. The molecule has 1 nitrogen and oxygen atoms in total. The zero-order chi connectivity index (χ0) is 7.84. The van der Waals surface area contributed by atoms with E-state index >= 15 is 0 Å². The number of aromatic amines is 1. The SMILES string of the molecule is CC1C=Cc2cc[nH]c2C1C. The van der Waals surface area contributed by atoms with Crippen LogP contribution in [-0.2, 0) is 0 Å². The Morgan fingerprint density at radius 2 is 2.18 bits per heavy atom. The van der Waals surface area contributed by atoms with Gasteiger partial charge in [-0.05, 0) is 17.5 Å². The van der Waals surface area contributed by atoms with Gasteiger partial charge in [0.05, 0.1) is 0 Å². The minimum absolute atomic E-state index is 0.644. The van der Waals surface area contributed by atoms with Gasteiger partial charge in [0.15, 0.2) is 0 Å². The quantitative estimate of drug-likeness (QED) is 0.580. The minimum atomic E-state index is 0.644. The van der Waals surface area contributed by atoms with Crippen molar-refractivity contribution in [3.05, 3.63) is 29.6 Å². The molecular formula is C10H13N. The Kier molecular flexibility index (Phi) is 1.38. The first kappa shape index (κ1) is 6.71. The molecule has 2 unspecified atom stereocenters. The normalized spacial score (nSPS) is 28.5. The van der Waals surface area contributed by atoms with Gasteiger partial charge in [-0.1, -0.05) is 26.0 Å². The van der Waals surface area contributed by atoms with Crippen LogP contribution in [-0.4, -0.2) is 4.98 Å². The summed E-state index contributed by atoms with van der Waals surface area (Å²) in [5.74, 6) is 1.31.